The lowest BCUT2D eigenvalue weighted by Gasteiger charge is -2.09. The van der Waals surface area contributed by atoms with Crippen molar-refractivity contribution in [2.75, 3.05) is 11.9 Å². The highest BCUT2D eigenvalue weighted by Gasteiger charge is 2.34. The van der Waals surface area contributed by atoms with Crippen LogP contribution >= 0.6 is 23.8 Å². The molecule has 0 aliphatic rings. The standard InChI is InChI=1S/C19H19ClF4N6S/c1-12-10-16(19(22,23)24)27-30(12)8-3-7-25-18(31)26-17-6-9-29(28-17)11-13-14(20)4-2-5-15(13)21/h2,4-6,9-10H,3,7-8,11H2,1H3,(H2,25,26,28,31). The Labute approximate surface area is 186 Å². The highest BCUT2D eigenvalue weighted by Crippen LogP contribution is 2.28. The Morgan fingerprint density at radius 3 is 2.68 bits per heavy atom. The van der Waals surface area contributed by atoms with E-state index in [9.17, 15) is 17.6 Å². The average Bonchev–Trinajstić information content (AvgIpc) is 3.28. The van der Waals surface area contributed by atoms with Crippen molar-refractivity contribution in [1.29, 1.82) is 0 Å². The fourth-order valence-electron chi connectivity index (χ4n) is 2.83. The van der Waals surface area contributed by atoms with Gasteiger partial charge in [0, 0.05) is 41.6 Å². The average molecular weight is 475 g/mol. The largest absolute Gasteiger partial charge is 0.435 e. The molecule has 0 fully saturated rings. The molecule has 0 aliphatic carbocycles. The Morgan fingerprint density at radius 2 is 2.00 bits per heavy atom. The van der Waals surface area contributed by atoms with Crippen LogP contribution in [0.3, 0.4) is 0 Å². The first kappa shape index (κ1) is 23.0. The third-order valence-corrected chi connectivity index (χ3v) is 4.97. The highest BCUT2D eigenvalue weighted by atomic mass is 35.5. The summed E-state index contributed by atoms with van der Waals surface area (Å²) in [4.78, 5) is 0. The molecule has 0 saturated heterocycles. The van der Waals surface area contributed by atoms with Crippen LogP contribution in [0.25, 0.3) is 0 Å². The van der Waals surface area contributed by atoms with Gasteiger partial charge in [0.1, 0.15) is 5.82 Å². The van der Waals surface area contributed by atoms with Gasteiger partial charge in [0.15, 0.2) is 16.6 Å². The predicted molar refractivity (Wildman–Crippen MR) is 114 cm³/mol. The Kier molecular flexibility index (Phi) is 7.16. The van der Waals surface area contributed by atoms with Crippen LogP contribution in [-0.2, 0) is 19.3 Å². The normalized spacial score (nSPS) is 11.5. The second-order valence-electron chi connectivity index (χ2n) is 6.73. The van der Waals surface area contributed by atoms with Gasteiger partial charge in [-0.05, 0) is 43.8 Å². The first-order chi connectivity index (χ1) is 14.6. The molecular weight excluding hydrogens is 456 g/mol. The number of aryl methyl sites for hydroxylation is 2. The van der Waals surface area contributed by atoms with Crippen LogP contribution in [0.5, 0.6) is 0 Å². The van der Waals surface area contributed by atoms with E-state index in [0.717, 1.165) is 6.07 Å². The molecule has 0 spiro atoms. The van der Waals surface area contributed by atoms with E-state index in [0.29, 0.717) is 46.7 Å². The number of hydrogen-bond donors (Lipinski definition) is 2. The summed E-state index contributed by atoms with van der Waals surface area (Å²) in [5.41, 5.74) is -0.127. The zero-order chi connectivity index (χ0) is 22.6. The van der Waals surface area contributed by atoms with E-state index in [-0.39, 0.29) is 6.54 Å². The van der Waals surface area contributed by atoms with Gasteiger partial charge >= 0.3 is 6.18 Å². The van der Waals surface area contributed by atoms with Crippen molar-refractivity contribution >= 4 is 34.7 Å². The van der Waals surface area contributed by atoms with Gasteiger partial charge in [0.05, 0.1) is 6.54 Å². The minimum absolute atomic E-state index is 0.163. The van der Waals surface area contributed by atoms with Crippen LogP contribution < -0.4 is 10.6 Å². The Morgan fingerprint density at radius 1 is 1.23 bits per heavy atom. The summed E-state index contributed by atoms with van der Waals surface area (Å²) in [6, 6.07) is 7.16. The molecule has 1 aromatic carbocycles. The molecule has 2 aromatic heterocycles. The van der Waals surface area contributed by atoms with Gasteiger partial charge in [0.25, 0.3) is 0 Å². The number of rotatable bonds is 7. The number of benzene rings is 1. The number of nitrogens with zero attached hydrogens (tertiary/aromatic N) is 4. The topological polar surface area (TPSA) is 59.7 Å². The molecule has 31 heavy (non-hydrogen) atoms. The van der Waals surface area contributed by atoms with Crippen LogP contribution in [-0.4, -0.2) is 31.2 Å². The van der Waals surface area contributed by atoms with Gasteiger partial charge in [-0.25, -0.2) is 4.39 Å². The van der Waals surface area contributed by atoms with Crippen LogP contribution in [0.2, 0.25) is 5.02 Å². The van der Waals surface area contributed by atoms with E-state index in [1.165, 1.54) is 21.5 Å². The van der Waals surface area contributed by atoms with Gasteiger partial charge < -0.3 is 10.6 Å². The fourth-order valence-corrected chi connectivity index (χ4v) is 3.26. The maximum absolute atomic E-state index is 13.9. The van der Waals surface area contributed by atoms with Gasteiger partial charge in [0.2, 0.25) is 0 Å². The van der Waals surface area contributed by atoms with Crippen LogP contribution in [0, 0.1) is 12.7 Å². The van der Waals surface area contributed by atoms with Gasteiger partial charge in [-0.2, -0.15) is 23.4 Å². The van der Waals surface area contributed by atoms with E-state index in [1.807, 2.05) is 0 Å². The number of halogens is 5. The van der Waals surface area contributed by atoms with Crippen molar-refractivity contribution in [3.63, 3.8) is 0 Å². The first-order valence-corrected chi connectivity index (χ1v) is 10.0. The van der Waals surface area contributed by atoms with E-state index in [2.05, 4.69) is 20.8 Å². The molecular formula is C19H19ClF4N6S. The van der Waals surface area contributed by atoms with Crippen LogP contribution in [0.1, 0.15) is 23.4 Å². The Balaban J connectivity index is 1.45. The molecule has 12 heteroatoms. The number of hydrogen-bond acceptors (Lipinski definition) is 3. The Hall–Kier alpha value is -2.66. The van der Waals surface area contributed by atoms with Crippen molar-refractivity contribution in [2.24, 2.45) is 0 Å². The summed E-state index contributed by atoms with van der Waals surface area (Å²) in [6.45, 7) is 2.48. The van der Waals surface area contributed by atoms with Gasteiger partial charge in [-0.3, -0.25) is 9.36 Å². The summed E-state index contributed by atoms with van der Waals surface area (Å²) in [7, 11) is 0. The monoisotopic (exact) mass is 474 g/mol. The molecule has 0 bridgehead atoms. The summed E-state index contributed by atoms with van der Waals surface area (Å²) in [5.74, 6) is 0.0483. The third kappa shape index (κ3) is 6.17. The second-order valence-corrected chi connectivity index (χ2v) is 7.54. The summed E-state index contributed by atoms with van der Waals surface area (Å²) in [5, 5.41) is 14.3. The number of thiocarbonyl (C=S) groups is 1. The molecule has 2 heterocycles. The van der Waals surface area contributed by atoms with E-state index < -0.39 is 17.7 Å². The number of nitrogens with one attached hydrogen (secondary N) is 2. The van der Waals surface area contributed by atoms with Crippen molar-refractivity contribution < 1.29 is 17.6 Å². The molecule has 0 unspecified atom stereocenters. The lowest BCUT2D eigenvalue weighted by Crippen LogP contribution is -2.30. The minimum Gasteiger partial charge on any atom is -0.362 e. The van der Waals surface area contributed by atoms with Gasteiger partial charge in [-0.15, -0.1) is 0 Å². The number of aromatic nitrogens is 4. The van der Waals surface area contributed by atoms with Crippen LogP contribution in [0.4, 0.5) is 23.4 Å². The summed E-state index contributed by atoms with van der Waals surface area (Å²) >= 11 is 11.2. The maximum atomic E-state index is 13.9. The molecule has 0 aliphatic heterocycles. The number of anilines is 1. The molecule has 3 aromatic rings. The predicted octanol–water partition coefficient (Wildman–Crippen LogP) is 4.62. The molecule has 2 N–H and O–H groups in total. The van der Waals surface area contributed by atoms with Crippen molar-refractivity contribution in [1.82, 2.24) is 24.9 Å². The van der Waals surface area contributed by atoms with E-state index in [1.54, 1.807) is 25.3 Å². The zero-order valence-electron chi connectivity index (χ0n) is 16.4. The fraction of sp³-hybridized carbons (Fsp3) is 0.316. The zero-order valence-corrected chi connectivity index (χ0v) is 18.0. The molecule has 0 atom stereocenters. The third-order valence-electron chi connectivity index (χ3n) is 4.37. The summed E-state index contributed by atoms with van der Waals surface area (Å²) in [6.07, 6.45) is -2.28. The van der Waals surface area contributed by atoms with E-state index in [4.69, 9.17) is 23.8 Å². The molecule has 0 saturated carbocycles. The van der Waals surface area contributed by atoms with Crippen molar-refractivity contribution in [3.8, 4) is 0 Å². The van der Waals surface area contributed by atoms with Crippen molar-refractivity contribution in [2.45, 2.75) is 32.6 Å². The van der Waals surface area contributed by atoms with Gasteiger partial charge in [-0.1, -0.05) is 17.7 Å². The second kappa shape index (κ2) is 9.65. The Bertz CT molecular complexity index is 1040. The quantitative estimate of drug-likeness (QED) is 0.297. The molecule has 3 rings (SSSR count). The lowest BCUT2D eigenvalue weighted by atomic mass is 10.2. The van der Waals surface area contributed by atoms with Crippen LogP contribution in [0.15, 0.2) is 36.5 Å². The molecule has 6 nitrogen and oxygen atoms in total. The SMILES string of the molecule is Cc1cc(C(F)(F)F)nn1CCCNC(=S)Nc1ccn(Cc2c(F)cccc2Cl)n1. The summed E-state index contributed by atoms with van der Waals surface area (Å²) < 4.78 is 54.8. The molecule has 0 radical (unpaired) electrons. The minimum atomic E-state index is -4.46. The van der Waals surface area contributed by atoms with E-state index >= 15 is 0 Å². The molecule has 0 amide bonds. The molecule has 166 valence electrons. The lowest BCUT2D eigenvalue weighted by molar-refractivity contribution is -0.141. The highest BCUT2D eigenvalue weighted by molar-refractivity contribution is 7.80. The smallest absolute Gasteiger partial charge is 0.362 e. The van der Waals surface area contributed by atoms with Crippen molar-refractivity contribution in [3.05, 3.63) is 64.3 Å². The first-order valence-electron chi connectivity index (χ1n) is 9.26. The number of alkyl halides is 3. The maximum Gasteiger partial charge on any atom is 0.435 e.